The van der Waals surface area contributed by atoms with Gasteiger partial charge in [0.25, 0.3) is 0 Å². The number of hydrogen-bond donors (Lipinski definition) is 5. The topological polar surface area (TPSA) is 143 Å². The first-order valence-corrected chi connectivity index (χ1v) is 10.4. The highest BCUT2D eigenvalue weighted by Crippen LogP contribution is 2.23. The third kappa shape index (κ3) is 6.80. The monoisotopic (exact) mass is 427 g/mol. The molecule has 0 aliphatic heterocycles. The Kier molecular flexibility index (Phi) is 9.42. The van der Waals surface area contributed by atoms with E-state index in [-0.39, 0.29) is 5.78 Å². The van der Waals surface area contributed by atoms with Gasteiger partial charge in [0.15, 0.2) is 5.78 Å². The SMILES string of the molecule is C[C@H](N)C(=O)N[C@@H](C)C(=O)N[C@@H](C)C(=O)N[C@@H](C)C(=O)c1cccnc1SS. The minimum absolute atomic E-state index is 0.325. The van der Waals surface area contributed by atoms with Crippen LogP contribution in [0, 0.1) is 0 Å². The fourth-order valence-electron chi connectivity index (χ4n) is 2.10. The van der Waals surface area contributed by atoms with Gasteiger partial charge in [-0.05, 0) is 50.6 Å². The number of nitrogens with zero attached hydrogens (tertiary/aromatic N) is 1. The number of carbonyl (C=O) groups is 4. The smallest absolute Gasteiger partial charge is 0.242 e. The third-order valence-electron chi connectivity index (χ3n) is 3.79. The number of pyridine rings is 1. The molecule has 0 fully saturated rings. The van der Waals surface area contributed by atoms with Crippen LogP contribution >= 0.6 is 22.5 Å². The van der Waals surface area contributed by atoms with Gasteiger partial charge in [-0.2, -0.15) is 0 Å². The van der Waals surface area contributed by atoms with E-state index in [2.05, 4.69) is 32.6 Å². The normalized spacial score (nSPS) is 14.9. The maximum Gasteiger partial charge on any atom is 0.242 e. The molecule has 0 bridgehead atoms. The fraction of sp³-hybridized carbons (Fsp3) is 0.471. The Bertz CT molecular complexity index is 744. The largest absolute Gasteiger partial charge is 0.344 e. The zero-order valence-electron chi connectivity index (χ0n) is 16.1. The molecule has 1 aromatic rings. The summed E-state index contributed by atoms with van der Waals surface area (Å²) in [4.78, 5) is 52.6. The van der Waals surface area contributed by atoms with Gasteiger partial charge >= 0.3 is 0 Å². The van der Waals surface area contributed by atoms with Crippen LogP contribution in [0.2, 0.25) is 0 Å². The Balaban J connectivity index is 2.64. The van der Waals surface area contributed by atoms with Crippen LogP contribution in [0.3, 0.4) is 0 Å². The molecule has 1 heterocycles. The maximum atomic E-state index is 12.5. The number of carbonyl (C=O) groups excluding carboxylic acids is 4. The molecule has 0 aliphatic rings. The van der Waals surface area contributed by atoms with Crippen molar-refractivity contribution in [3.63, 3.8) is 0 Å². The predicted octanol–water partition coefficient (Wildman–Crippen LogP) is 0.0625. The van der Waals surface area contributed by atoms with Crippen molar-refractivity contribution in [2.75, 3.05) is 0 Å². The molecule has 0 saturated heterocycles. The van der Waals surface area contributed by atoms with Crippen LogP contribution in [-0.2, 0) is 14.4 Å². The quantitative estimate of drug-likeness (QED) is 0.213. The molecule has 28 heavy (non-hydrogen) atoms. The maximum absolute atomic E-state index is 12.5. The molecule has 9 nitrogen and oxygen atoms in total. The van der Waals surface area contributed by atoms with Crippen LogP contribution < -0.4 is 21.7 Å². The first-order valence-electron chi connectivity index (χ1n) is 8.55. The van der Waals surface area contributed by atoms with E-state index in [1.165, 1.54) is 20.8 Å². The molecule has 1 rings (SSSR count). The second-order valence-corrected chi connectivity index (χ2v) is 7.41. The predicted molar refractivity (Wildman–Crippen MR) is 110 cm³/mol. The van der Waals surface area contributed by atoms with E-state index in [1.807, 2.05) is 0 Å². The lowest BCUT2D eigenvalue weighted by Gasteiger charge is -2.21. The van der Waals surface area contributed by atoms with Crippen molar-refractivity contribution >= 4 is 46.0 Å². The summed E-state index contributed by atoms with van der Waals surface area (Å²) in [6.07, 6.45) is 1.54. The van der Waals surface area contributed by atoms with Gasteiger partial charge in [0.1, 0.15) is 17.1 Å². The molecule has 0 unspecified atom stereocenters. The molecule has 154 valence electrons. The Morgan fingerprint density at radius 2 is 1.46 bits per heavy atom. The van der Waals surface area contributed by atoms with E-state index >= 15 is 0 Å². The van der Waals surface area contributed by atoms with Crippen molar-refractivity contribution in [2.24, 2.45) is 5.73 Å². The molecule has 4 atom stereocenters. The van der Waals surface area contributed by atoms with Gasteiger partial charge in [-0.3, -0.25) is 19.2 Å². The van der Waals surface area contributed by atoms with E-state index in [0.717, 1.165) is 10.8 Å². The number of amides is 3. The Hall–Kier alpha value is -2.11. The van der Waals surface area contributed by atoms with Crippen LogP contribution in [0.5, 0.6) is 0 Å². The van der Waals surface area contributed by atoms with E-state index in [4.69, 9.17) is 5.73 Å². The Morgan fingerprint density at radius 1 is 0.964 bits per heavy atom. The van der Waals surface area contributed by atoms with Crippen molar-refractivity contribution < 1.29 is 19.2 Å². The van der Waals surface area contributed by atoms with Gasteiger partial charge in [0.2, 0.25) is 17.7 Å². The van der Waals surface area contributed by atoms with Crippen molar-refractivity contribution in [3.8, 4) is 0 Å². The lowest BCUT2D eigenvalue weighted by atomic mass is 10.1. The van der Waals surface area contributed by atoms with Gasteiger partial charge in [0, 0.05) is 6.20 Å². The third-order valence-corrected chi connectivity index (χ3v) is 4.81. The van der Waals surface area contributed by atoms with E-state index < -0.39 is 41.9 Å². The molecule has 0 aliphatic carbocycles. The van der Waals surface area contributed by atoms with E-state index in [0.29, 0.717) is 10.6 Å². The minimum atomic E-state index is -0.912. The highest BCUT2D eigenvalue weighted by molar-refractivity contribution is 8.68. The van der Waals surface area contributed by atoms with Crippen molar-refractivity contribution in [3.05, 3.63) is 23.9 Å². The molecule has 0 spiro atoms. The highest BCUT2D eigenvalue weighted by Gasteiger charge is 2.25. The summed E-state index contributed by atoms with van der Waals surface area (Å²) in [5.41, 5.74) is 5.78. The molecule has 0 saturated carbocycles. The Morgan fingerprint density at radius 3 is 1.96 bits per heavy atom. The number of Topliss-reactive ketones (excluding diaryl/α,β-unsaturated/α-hetero) is 1. The number of aromatic nitrogens is 1. The fourth-order valence-corrected chi connectivity index (χ4v) is 2.91. The summed E-state index contributed by atoms with van der Waals surface area (Å²) in [6.45, 7) is 5.99. The second kappa shape index (κ2) is 11.0. The molecule has 3 amide bonds. The number of rotatable bonds is 9. The number of hydrogen-bond acceptors (Lipinski definition) is 8. The molecule has 0 radical (unpaired) electrons. The van der Waals surface area contributed by atoms with Gasteiger partial charge < -0.3 is 21.7 Å². The van der Waals surface area contributed by atoms with Crippen molar-refractivity contribution in [1.82, 2.24) is 20.9 Å². The summed E-state index contributed by atoms with van der Waals surface area (Å²) in [6, 6.07) is -0.134. The average Bonchev–Trinajstić information content (AvgIpc) is 2.66. The summed E-state index contributed by atoms with van der Waals surface area (Å²) in [5.74, 6) is -1.89. The van der Waals surface area contributed by atoms with Gasteiger partial charge in [0.05, 0.1) is 17.6 Å². The summed E-state index contributed by atoms with van der Waals surface area (Å²) < 4.78 is 0. The average molecular weight is 428 g/mol. The van der Waals surface area contributed by atoms with Crippen molar-refractivity contribution in [1.29, 1.82) is 0 Å². The molecular formula is C17H25N5O4S2. The van der Waals surface area contributed by atoms with E-state index in [9.17, 15) is 19.2 Å². The molecule has 11 heteroatoms. The summed E-state index contributed by atoms with van der Waals surface area (Å²) in [7, 11) is 1.03. The van der Waals surface area contributed by atoms with Crippen LogP contribution in [0.25, 0.3) is 0 Å². The molecule has 0 aromatic carbocycles. The van der Waals surface area contributed by atoms with Gasteiger partial charge in [-0.15, -0.1) is 11.7 Å². The lowest BCUT2D eigenvalue weighted by Crippen LogP contribution is -2.54. The first-order chi connectivity index (χ1) is 13.1. The zero-order chi connectivity index (χ0) is 21.4. The summed E-state index contributed by atoms with van der Waals surface area (Å²) >= 11 is 4.07. The number of thiol groups is 1. The minimum Gasteiger partial charge on any atom is -0.344 e. The van der Waals surface area contributed by atoms with Gasteiger partial charge in [-0.25, -0.2) is 4.98 Å². The zero-order valence-corrected chi connectivity index (χ0v) is 17.8. The number of nitrogens with two attached hydrogens (primary N) is 1. The molecular weight excluding hydrogens is 402 g/mol. The number of ketones is 1. The van der Waals surface area contributed by atoms with E-state index in [1.54, 1.807) is 25.3 Å². The van der Waals surface area contributed by atoms with Gasteiger partial charge in [-0.1, -0.05) is 0 Å². The second-order valence-electron chi connectivity index (χ2n) is 6.29. The Labute approximate surface area is 172 Å². The first kappa shape index (κ1) is 23.9. The van der Waals surface area contributed by atoms with Crippen LogP contribution in [-0.4, -0.2) is 52.7 Å². The molecule has 1 aromatic heterocycles. The summed E-state index contributed by atoms with van der Waals surface area (Å²) in [5, 5.41) is 7.92. The van der Waals surface area contributed by atoms with Crippen LogP contribution in [0.15, 0.2) is 23.4 Å². The lowest BCUT2D eigenvalue weighted by molar-refractivity contribution is -0.131. The van der Waals surface area contributed by atoms with Crippen molar-refractivity contribution in [2.45, 2.75) is 56.9 Å². The standard InChI is InChI=1S/C17H25N5O4S2/c1-8(18)14(24)21-10(3)16(26)22-11(4)15(25)20-9(2)13(23)12-6-5-7-19-17(12)28-27/h5-11,27H,18H2,1-4H3,(H,20,25)(H,21,24)(H,22,26)/t8-,9-,10-,11-/m0/s1. The molecule has 5 N–H and O–H groups in total. The van der Waals surface area contributed by atoms with Crippen LogP contribution in [0.1, 0.15) is 38.1 Å². The van der Waals surface area contributed by atoms with Crippen LogP contribution in [0.4, 0.5) is 0 Å². The highest BCUT2D eigenvalue weighted by atomic mass is 33.1. The number of nitrogens with one attached hydrogen (secondary N) is 3.